The molecule has 4 aromatic carbocycles. The minimum atomic E-state index is -2.13. The maximum absolute atomic E-state index is 11.6. The van der Waals surface area contributed by atoms with Gasteiger partial charge in [0.05, 0.1) is 31.5 Å². The molecule has 5 heteroatoms. The van der Waals surface area contributed by atoms with E-state index in [9.17, 15) is 5.11 Å². The van der Waals surface area contributed by atoms with Crippen LogP contribution in [0.3, 0.4) is 0 Å². The lowest BCUT2D eigenvalue weighted by Gasteiger charge is -2.40. The lowest BCUT2D eigenvalue weighted by molar-refractivity contribution is -0.0926. The van der Waals surface area contributed by atoms with Crippen LogP contribution in [0.25, 0.3) is 0 Å². The van der Waals surface area contributed by atoms with Gasteiger partial charge in [0.15, 0.2) is 8.32 Å². The first-order valence-electron chi connectivity index (χ1n) is 15.4. The predicted octanol–water partition coefficient (Wildman–Crippen LogP) is 8.35. The van der Waals surface area contributed by atoms with Crippen molar-refractivity contribution in [2.24, 2.45) is 5.92 Å². The van der Waals surface area contributed by atoms with Crippen LogP contribution in [0.1, 0.15) is 49.4 Å². The molecule has 226 valence electrons. The molecule has 1 aliphatic carbocycles. The van der Waals surface area contributed by atoms with Gasteiger partial charge in [0.2, 0.25) is 0 Å². The van der Waals surface area contributed by atoms with E-state index in [2.05, 4.69) is 119 Å². The van der Waals surface area contributed by atoms with Crippen molar-refractivity contribution in [3.8, 4) is 0 Å². The molecule has 4 atom stereocenters. The lowest BCUT2D eigenvalue weighted by atomic mass is 9.80. The SMILES string of the molecule is CC(C)(C)[Si](C)(C)O[C@H]1C[C@@H](O)[C@H](COC(c2ccccc2)(c2ccccc2)c2ccccc2)[C@H]1OCc1ccccc1. The first-order chi connectivity index (χ1) is 20.6. The van der Waals surface area contributed by atoms with Gasteiger partial charge in [0.1, 0.15) is 5.60 Å². The molecule has 0 amide bonds. The Kier molecular flexibility index (Phi) is 9.69. The molecule has 43 heavy (non-hydrogen) atoms. The summed E-state index contributed by atoms with van der Waals surface area (Å²) in [6.07, 6.45) is -0.623. The fourth-order valence-corrected chi connectivity index (χ4v) is 7.25. The van der Waals surface area contributed by atoms with Gasteiger partial charge < -0.3 is 19.0 Å². The summed E-state index contributed by atoms with van der Waals surface area (Å²) in [4.78, 5) is 0. The quantitative estimate of drug-likeness (QED) is 0.140. The molecule has 0 aromatic heterocycles. The molecule has 0 spiro atoms. The van der Waals surface area contributed by atoms with Crippen LogP contribution in [0.5, 0.6) is 0 Å². The smallest absolute Gasteiger partial charge is 0.192 e. The van der Waals surface area contributed by atoms with Gasteiger partial charge in [-0.2, -0.15) is 0 Å². The van der Waals surface area contributed by atoms with Crippen molar-refractivity contribution in [3.63, 3.8) is 0 Å². The minimum Gasteiger partial charge on any atom is -0.411 e. The Bertz CT molecular complexity index is 1310. The molecule has 1 fully saturated rings. The molecule has 4 aromatic rings. The highest BCUT2D eigenvalue weighted by molar-refractivity contribution is 6.74. The molecule has 0 saturated heterocycles. The second-order valence-electron chi connectivity index (χ2n) is 13.2. The molecule has 5 rings (SSSR count). The van der Waals surface area contributed by atoms with Gasteiger partial charge in [-0.3, -0.25) is 0 Å². The van der Waals surface area contributed by atoms with E-state index in [1.165, 1.54) is 0 Å². The van der Waals surface area contributed by atoms with Crippen LogP contribution < -0.4 is 0 Å². The van der Waals surface area contributed by atoms with Crippen LogP contribution in [0, 0.1) is 5.92 Å². The number of hydrogen-bond donors (Lipinski definition) is 1. The minimum absolute atomic E-state index is 0.0413. The van der Waals surface area contributed by atoms with E-state index in [0.29, 0.717) is 19.6 Å². The van der Waals surface area contributed by atoms with Crippen LogP contribution in [0.15, 0.2) is 121 Å². The number of aliphatic hydroxyl groups excluding tert-OH is 1. The fourth-order valence-electron chi connectivity index (χ4n) is 5.91. The maximum Gasteiger partial charge on any atom is 0.192 e. The molecule has 0 unspecified atom stereocenters. The van der Waals surface area contributed by atoms with Crippen LogP contribution in [-0.4, -0.2) is 38.3 Å². The molecule has 4 nitrogen and oxygen atoms in total. The van der Waals surface area contributed by atoms with Crippen molar-refractivity contribution < 1.29 is 19.0 Å². The van der Waals surface area contributed by atoms with Gasteiger partial charge in [-0.05, 0) is 40.4 Å². The van der Waals surface area contributed by atoms with E-state index in [4.69, 9.17) is 13.9 Å². The van der Waals surface area contributed by atoms with Gasteiger partial charge in [-0.25, -0.2) is 0 Å². The molecular formula is C38H46O4Si. The van der Waals surface area contributed by atoms with E-state index in [1.54, 1.807) is 0 Å². The number of ether oxygens (including phenoxy) is 2. The van der Waals surface area contributed by atoms with Gasteiger partial charge in [-0.15, -0.1) is 0 Å². The summed E-state index contributed by atoms with van der Waals surface area (Å²) in [5.41, 5.74) is 3.34. The highest BCUT2D eigenvalue weighted by atomic mass is 28.4. The summed E-state index contributed by atoms with van der Waals surface area (Å²) >= 11 is 0. The monoisotopic (exact) mass is 594 g/mol. The maximum atomic E-state index is 11.6. The third-order valence-corrected chi connectivity index (χ3v) is 13.8. The lowest BCUT2D eigenvalue weighted by Crippen LogP contribution is -2.47. The predicted molar refractivity (Wildman–Crippen MR) is 176 cm³/mol. The molecule has 0 bridgehead atoms. The van der Waals surface area contributed by atoms with Crippen LogP contribution in [-0.2, 0) is 26.1 Å². The topological polar surface area (TPSA) is 47.9 Å². The molecule has 1 aliphatic rings. The Balaban J connectivity index is 1.51. The van der Waals surface area contributed by atoms with Crippen molar-refractivity contribution >= 4 is 8.32 Å². The molecule has 0 heterocycles. The van der Waals surface area contributed by atoms with Crippen LogP contribution in [0.4, 0.5) is 0 Å². The average molecular weight is 595 g/mol. The molecular weight excluding hydrogens is 549 g/mol. The van der Waals surface area contributed by atoms with Gasteiger partial charge in [0.25, 0.3) is 0 Å². The zero-order valence-corrected chi connectivity index (χ0v) is 27.1. The van der Waals surface area contributed by atoms with E-state index < -0.39 is 20.0 Å². The zero-order chi connectivity index (χ0) is 30.5. The largest absolute Gasteiger partial charge is 0.411 e. The average Bonchev–Trinajstić information content (AvgIpc) is 3.30. The number of hydrogen-bond acceptors (Lipinski definition) is 4. The summed E-state index contributed by atoms with van der Waals surface area (Å²) in [6.45, 7) is 12.0. The number of rotatable bonds is 11. The van der Waals surface area contributed by atoms with E-state index >= 15 is 0 Å². The fraction of sp³-hybridized carbons (Fsp3) is 0.368. The highest BCUT2D eigenvalue weighted by Gasteiger charge is 2.50. The van der Waals surface area contributed by atoms with Gasteiger partial charge in [0, 0.05) is 12.3 Å². The van der Waals surface area contributed by atoms with Crippen LogP contribution >= 0.6 is 0 Å². The van der Waals surface area contributed by atoms with E-state index in [1.807, 2.05) is 36.4 Å². The Labute approximate surface area is 258 Å². The third kappa shape index (κ3) is 6.87. The first kappa shape index (κ1) is 31.4. The van der Waals surface area contributed by atoms with Crippen molar-refractivity contribution in [1.29, 1.82) is 0 Å². The van der Waals surface area contributed by atoms with Crippen molar-refractivity contribution in [1.82, 2.24) is 0 Å². The number of benzene rings is 4. The van der Waals surface area contributed by atoms with Crippen molar-refractivity contribution in [3.05, 3.63) is 144 Å². The third-order valence-electron chi connectivity index (χ3n) is 9.33. The van der Waals surface area contributed by atoms with Gasteiger partial charge >= 0.3 is 0 Å². The highest BCUT2D eigenvalue weighted by Crippen LogP contribution is 2.44. The Hall–Kier alpha value is -3.06. The second kappa shape index (κ2) is 13.3. The summed E-state index contributed by atoms with van der Waals surface area (Å²) in [7, 11) is -2.13. The molecule has 1 saturated carbocycles. The molecule has 0 aliphatic heterocycles. The zero-order valence-electron chi connectivity index (χ0n) is 26.1. The van der Waals surface area contributed by atoms with Crippen molar-refractivity contribution in [2.45, 2.75) is 75.8 Å². The summed E-state index contributed by atoms with van der Waals surface area (Å²) in [6, 6.07) is 41.4. The first-order valence-corrected chi connectivity index (χ1v) is 18.3. The van der Waals surface area contributed by atoms with E-state index in [-0.39, 0.29) is 23.2 Å². The Morgan fingerprint density at radius 1 is 0.698 bits per heavy atom. The number of aliphatic hydroxyl groups is 1. The Morgan fingerprint density at radius 3 is 1.58 bits per heavy atom. The Morgan fingerprint density at radius 2 is 1.14 bits per heavy atom. The van der Waals surface area contributed by atoms with Crippen LogP contribution in [0.2, 0.25) is 18.1 Å². The normalized spacial score (nSPS) is 21.2. The summed E-state index contributed by atoms with van der Waals surface area (Å²) in [5, 5.41) is 11.7. The van der Waals surface area contributed by atoms with E-state index in [0.717, 1.165) is 22.3 Å². The summed E-state index contributed by atoms with van der Waals surface area (Å²) < 4.78 is 20.8. The summed E-state index contributed by atoms with van der Waals surface area (Å²) in [5.74, 6) is -0.269. The van der Waals surface area contributed by atoms with Crippen molar-refractivity contribution in [2.75, 3.05) is 6.61 Å². The van der Waals surface area contributed by atoms with Gasteiger partial charge in [-0.1, -0.05) is 142 Å². The molecule has 1 N–H and O–H groups in total. The molecule has 0 radical (unpaired) electrons. The second-order valence-corrected chi connectivity index (χ2v) is 18.0. The standard InChI is InChI=1S/C38H46O4Si/c1-37(2,3)43(4,5)42-35-26-34(39)33(36(35)40-27-29-18-10-6-11-19-29)28-41-38(30-20-12-7-13-21-30,31-22-14-8-15-23-31)32-24-16-9-17-25-32/h6-25,33-36,39H,26-28H2,1-5H3/t33-,34+,35-,36+/m0/s1.